The monoisotopic (exact) mass is 423 g/mol. The lowest BCUT2D eigenvalue weighted by molar-refractivity contribution is 0.593. The van der Waals surface area contributed by atoms with Crippen molar-refractivity contribution in [2.24, 2.45) is 0 Å². The van der Waals surface area contributed by atoms with E-state index in [0.717, 1.165) is 6.26 Å². The second-order valence-corrected chi connectivity index (χ2v) is 9.38. The number of nitrogens with one attached hydrogen (secondary N) is 1. The zero-order valence-electron chi connectivity index (χ0n) is 9.35. The fourth-order valence-electron chi connectivity index (χ4n) is 1.05. The zero-order valence-corrected chi connectivity index (χ0v) is 13.9. The lowest BCUT2D eigenvalue weighted by Gasteiger charge is -2.09. The molecule has 0 spiro atoms. The van der Waals surface area contributed by atoms with Crippen LogP contribution in [0.15, 0.2) is 18.2 Å². The van der Waals surface area contributed by atoms with Crippen LogP contribution in [-0.2, 0) is 19.9 Å². The van der Waals surface area contributed by atoms with Crippen LogP contribution in [0.2, 0.25) is 5.02 Å². The molecular weight excluding hydrogens is 413 g/mol. The van der Waals surface area contributed by atoms with Gasteiger partial charge in [0.15, 0.2) is 0 Å². The molecule has 1 aromatic carbocycles. The molecule has 0 aliphatic rings. The van der Waals surface area contributed by atoms with E-state index < -0.39 is 31.4 Å². The highest BCUT2D eigenvalue weighted by Gasteiger charge is 2.15. The largest absolute Gasteiger partial charge is 0.282 e. The van der Waals surface area contributed by atoms with Gasteiger partial charge < -0.3 is 0 Å². The van der Waals surface area contributed by atoms with Crippen molar-refractivity contribution < 1.29 is 16.8 Å². The van der Waals surface area contributed by atoms with Gasteiger partial charge >= 0.3 is 0 Å². The third-order valence-corrected chi connectivity index (χ3v) is 5.52. The standard InChI is InChI=1S/C9H11ClINO4S2/c1-17(13,14)4-5-18(15,16)12-9-3-2-7(10)6-8(9)11/h2-3,6,12H,4-5H2,1H3. The summed E-state index contributed by atoms with van der Waals surface area (Å²) >= 11 is 7.69. The quantitative estimate of drug-likeness (QED) is 0.732. The van der Waals surface area contributed by atoms with E-state index in [0.29, 0.717) is 14.3 Å². The Labute approximate surface area is 125 Å². The van der Waals surface area contributed by atoms with Crippen molar-refractivity contribution in [3.8, 4) is 0 Å². The highest BCUT2D eigenvalue weighted by molar-refractivity contribution is 14.1. The molecule has 1 rings (SSSR count). The van der Waals surface area contributed by atoms with Crippen molar-refractivity contribution in [2.75, 3.05) is 22.5 Å². The lowest BCUT2D eigenvalue weighted by Crippen LogP contribution is -2.22. The second-order valence-electron chi connectivity index (χ2n) is 3.67. The van der Waals surface area contributed by atoms with E-state index in [2.05, 4.69) is 4.72 Å². The van der Waals surface area contributed by atoms with Gasteiger partial charge in [0.25, 0.3) is 0 Å². The van der Waals surface area contributed by atoms with Crippen LogP contribution in [0.4, 0.5) is 5.69 Å². The number of sulfonamides is 1. The van der Waals surface area contributed by atoms with Gasteiger partial charge in [0.05, 0.1) is 17.2 Å². The van der Waals surface area contributed by atoms with Crippen LogP contribution in [0.5, 0.6) is 0 Å². The molecule has 0 aliphatic carbocycles. The van der Waals surface area contributed by atoms with Crippen molar-refractivity contribution >= 4 is 59.7 Å². The Morgan fingerprint density at radius 1 is 1.22 bits per heavy atom. The maximum atomic E-state index is 11.7. The first kappa shape index (κ1) is 16.0. The Morgan fingerprint density at radius 3 is 2.33 bits per heavy atom. The SMILES string of the molecule is CS(=O)(=O)CCS(=O)(=O)Nc1ccc(Cl)cc1I. The van der Waals surface area contributed by atoms with E-state index in [1.807, 2.05) is 22.6 Å². The summed E-state index contributed by atoms with van der Waals surface area (Å²) in [6.07, 6.45) is 0.995. The van der Waals surface area contributed by atoms with Gasteiger partial charge in [0.2, 0.25) is 10.0 Å². The molecule has 0 unspecified atom stereocenters. The first-order valence-electron chi connectivity index (χ1n) is 4.72. The van der Waals surface area contributed by atoms with Crippen molar-refractivity contribution in [3.05, 3.63) is 26.8 Å². The Bertz CT molecular complexity index is 643. The maximum Gasteiger partial charge on any atom is 0.233 e. The Hall–Kier alpha value is -0.0600. The molecular formula is C9H11ClINO4S2. The fraction of sp³-hybridized carbons (Fsp3) is 0.333. The summed E-state index contributed by atoms with van der Waals surface area (Å²) in [5.74, 6) is -0.878. The van der Waals surface area contributed by atoms with Crippen LogP contribution in [0.1, 0.15) is 0 Å². The van der Waals surface area contributed by atoms with E-state index in [9.17, 15) is 16.8 Å². The summed E-state index contributed by atoms with van der Waals surface area (Å²) in [7, 11) is -6.99. The summed E-state index contributed by atoms with van der Waals surface area (Å²) in [4.78, 5) is 0. The van der Waals surface area contributed by atoms with E-state index in [-0.39, 0.29) is 0 Å². The van der Waals surface area contributed by atoms with Gasteiger partial charge in [-0.1, -0.05) is 11.6 Å². The zero-order chi connectivity index (χ0) is 14.0. The summed E-state index contributed by atoms with van der Waals surface area (Å²) < 4.78 is 48.2. The molecule has 9 heteroatoms. The molecule has 0 saturated carbocycles. The second kappa shape index (κ2) is 5.93. The average molecular weight is 424 g/mol. The average Bonchev–Trinajstić information content (AvgIpc) is 2.19. The van der Waals surface area contributed by atoms with E-state index in [1.165, 1.54) is 6.07 Å². The van der Waals surface area contributed by atoms with Crippen molar-refractivity contribution in [3.63, 3.8) is 0 Å². The van der Waals surface area contributed by atoms with Crippen LogP contribution in [0.25, 0.3) is 0 Å². The first-order valence-corrected chi connectivity index (χ1v) is 9.89. The fourth-order valence-corrected chi connectivity index (χ4v) is 4.94. The van der Waals surface area contributed by atoms with Gasteiger partial charge in [-0.15, -0.1) is 0 Å². The summed E-state index contributed by atoms with van der Waals surface area (Å²) in [5.41, 5.74) is 0.383. The third kappa shape index (κ3) is 5.72. The number of hydrogen-bond acceptors (Lipinski definition) is 4. The summed E-state index contributed by atoms with van der Waals surface area (Å²) in [5, 5.41) is 0.499. The lowest BCUT2D eigenvalue weighted by atomic mass is 10.3. The number of anilines is 1. The van der Waals surface area contributed by atoms with Crippen LogP contribution in [0, 0.1) is 3.57 Å². The molecule has 5 nitrogen and oxygen atoms in total. The normalized spacial score (nSPS) is 12.4. The van der Waals surface area contributed by atoms with Crippen LogP contribution in [-0.4, -0.2) is 34.6 Å². The molecule has 18 heavy (non-hydrogen) atoms. The highest BCUT2D eigenvalue weighted by Crippen LogP contribution is 2.23. The van der Waals surface area contributed by atoms with Crippen LogP contribution >= 0.6 is 34.2 Å². The van der Waals surface area contributed by atoms with Gasteiger partial charge in [-0.25, -0.2) is 16.8 Å². The van der Waals surface area contributed by atoms with Gasteiger partial charge in [-0.2, -0.15) is 0 Å². The molecule has 102 valence electrons. The molecule has 0 aliphatic heterocycles. The van der Waals surface area contributed by atoms with Gasteiger partial charge in [0, 0.05) is 14.8 Å². The smallest absolute Gasteiger partial charge is 0.233 e. The summed E-state index contributed by atoms with van der Waals surface area (Å²) in [6.45, 7) is 0. The van der Waals surface area contributed by atoms with Gasteiger partial charge in [-0.3, -0.25) is 4.72 Å². The van der Waals surface area contributed by atoms with Gasteiger partial charge in [-0.05, 0) is 40.8 Å². The van der Waals surface area contributed by atoms with Crippen molar-refractivity contribution in [1.29, 1.82) is 0 Å². The van der Waals surface area contributed by atoms with Crippen molar-refractivity contribution in [2.45, 2.75) is 0 Å². The van der Waals surface area contributed by atoms with E-state index in [1.54, 1.807) is 12.1 Å². The van der Waals surface area contributed by atoms with Crippen LogP contribution in [0.3, 0.4) is 0 Å². The molecule has 0 saturated heterocycles. The predicted octanol–water partition coefficient (Wildman–Crippen LogP) is 1.73. The number of rotatable bonds is 5. The molecule has 0 atom stereocenters. The molecule has 1 N–H and O–H groups in total. The maximum absolute atomic E-state index is 11.7. The van der Waals surface area contributed by atoms with Crippen LogP contribution < -0.4 is 4.72 Å². The molecule has 0 amide bonds. The highest BCUT2D eigenvalue weighted by atomic mass is 127. The number of hydrogen-bond donors (Lipinski definition) is 1. The van der Waals surface area contributed by atoms with Crippen molar-refractivity contribution in [1.82, 2.24) is 0 Å². The van der Waals surface area contributed by atoms with E-state index >= 15 is 0 Å². The number of benzene rings is 1. The molecule has 0 radical (unpaired) electrons. The molecule has 0 aromatic heterocycles. The predicted molar refractivity (Wildman–Crippen MR) is 81.3 cm³/mol. The molecule has 0 bridgehead atoms. The Kier molecular flexibility index (Phi) is 5.27. The molecule has 0 heterocycles. The molecule has 0 fully saturated rings. The van der Waals surface area contributed by atoms with Gasteiger partial charge in [0.1, 0.15) is 9.84 Å². The summed E-state index contributed by atoms with van der Waals surface area (Å²) in [6, 6.07) is 4.69. The Balaban J connectivity index is 2.83. The number of sulfone groups is 1. The minimum absolute atomic E-state index is 0.383. The third-order valence-electron chi connectivity index (χ3n) is 1.92. The topological polar surface area (TPSA) is 80.3 Å². The first-order chi connectivity index (χ1) is 8.09. The number of halogens is 2. The minimum Gasteiger partial charge on any atom is -0.282 e. The Morgan fingerprint density at radius 2 is 1.83 bits per heavy atom. The van der Waals surface area contributed by atoms with E-state index in [4.69, 9.17) is 11.6 Å². The minimum atomic E-state index is -3.68. The molecule has 1 aromatic rings.